The van der Waals surface area contributed by atoms with Crippen LogP contribution in [-0.4, -0.2) is 25.3 Å². The Morgan fingerprint density at radius 2 is 1.72 bits per heavy atom. The lowest BCUT2D eigenvalue weighted by Gasteiger charge is -2.14. The van der Waals surface area contributed by atoms with Crippen LogP contribution in [-0.2, 0) is 11.2 Å². The van der Waals surface area contributed by atoms with Gasteiger partial charge in [-0.25, -0.2) is 0 Å². The van der Waals surface area contributed by atoms with E-state index in [-0.39, 0.29) is 23.8 Å². The molecular weight excluding hydrogens is 335 g/mol. The summed E-state index contributed by atoms with van der Waals surface area (Å²) in [5, 5.41) is 2.57. The number of carbonyl (C=O) groups is 1. The predicted molar refractivity (Wildman–Crippen MR) is 87.9 cm³/mol. The first-order valence-electron chi connectivity index (χ1n) is 7.67. The number of nitrogens with one attached hydrogen (secondary N) is 1. The Balaban J connectivity index is 1.98. The smallest absolute Gasteiger partial charge is 0.422 e. The summed E-state index contributed by atoms with van der Waals surface area (Å²) >= 11 is 0. The zero-order chi connectivity index (χ0) is 18.3. The monoisotopic (exact) mass is 353 g/mol. The molecule has 7 heteroatoms. The third-order valence-corrected chi connectivity index (χ3v) is 3.15. The standard InChI is InChI=1S/C18H18F3NO3/c1-2-24-14-9-7-13(8-10-14)11-17(23)22-15-5-3-4-6-16(15)25-12-18(19,20)21/h3-10H,2,11-12H2,1H3,(H,22,23). The summed E-state index contributed by atoms with van der Waals surface area (Å²) in [6.45, 7) is 1.01. The number of rotatable bonds is 7. The average molecular weight is 353 g/mol. The van der Waals surface area contributed by atoms with Crippen molar-refractivity contribution in [3.05, 3.63) is 54.1 Å². The zero-order valence-electron chi connectivity index (χ0n) is 13.6. The number of carbonyl (C=O) groups excluding carboxylic acids is 1. The Kier molecular flexibility index (Phi) is 6.27. The molecule has 25 heavy (non-hydrogen) atoms. The molecule has 0 spiro atoms. The van der Waals surface area contributed by atoms with Crippen molar-refractivity contribution >= 4 is 11.6 Å². The van der Waals surface area contributed by atoms with Gasteiger partial charge in [-0.1, -0.05) is 24.3 Å². The molecule has 2 aromatic rings. The maximum absolute atomic E-state index is 12.3. The molecule has 1 N–H and O–H groups in total. The number of halogens is 3. The molecule has 0 aliphatic rings. The number of ether oxygens (including phenoxy) is 2. The van der Waals surface area contributed by atoms with Gasteiger partial charge in [0.05, 0.1) is 18.7 Å². The van der Waals surface area contributed by atoms with Crippen LogP contribution in [0.1, 0.15) is 12.5 Å². The maximum atomic E-state index is 12.3. The van der Waals surface area contributed by atoms with Crippen LogP contribution in [0.4, 0.5) is 18.9 Å². The largest absolute Gasteiger partial charge is 0.494 e. The zero-order valence-corrected chi connectivity index (χ0v) is 13.6. The first kappa shape index (κ1) is 18.6. The third kappa shape index (κ3) is 6.37. The summed E-state index contributed by atoms with van der Waals surface area (Å²) in [7, 11) is 0. The van der Waals surface area contributed by atoms with Crippen molar-refractivity contribution in [2.24, 2.45) is 0 Å². The molecule has 0 aliphatic heterocycles. The van der Waals surface area contributed by atoms with Crippen LogP contribution in [0.3, 0.4) is 0 Å². The summed E-state index contributed by atoms with van der Waals surface area (Å²) in [5.41, 5.74) is 0.956. The van der Waals surface area contributed by atoms with Gasteiger partial charge in [-0.05, 0) is 36.8 Å². The molecule has 0 heterocycles. The van der Waals surface area contributed by atoms with E-state index in [9.17, 15) is 18.0 Å². The van der Waals surface area contributed by atoms with Gasteiger partial charge in [0.1, 0.15) is 11.5 Å². The van der Waals surface area contributed by atoms with Crippen LogP contribution in [0.25, 0.3) is 0 Å². The molecule has 0 radical (unpaired) electrons. The van der Waals surface area contributed by atoms with Gasteiger partial charge in [-0.3, -0.25) is 4.79 Å². The minimum atomic E-state index is -4.45. The summed E-state index contributed by atoms with van der Waals surface area (Å²) in [4.78, 5) is 12.1. The van der Waals surface area contributed by atoms with Gasteiger partial charge < -0.3 is 14.8 Å². The molecule has 1 amide bonds. The molecule has 0 atom stereocenters. The Morgan fingerprint density at radius 1 is 1.04 bits per heavy atom. The molecule has 0 bridgehead atoms. The van der Waals surface area contributed by atoms with Gasteiger partial charge in [0, 0.05) is 0 Å². The van der Waals surface area contributed by atoms with Crippen molar-refractivity contribution in [1.29, 1.82) is 0 Å². The molecule has 0 aromatic heterocycles. The lowest BCUT2D eigenvalue weighted by molar-refractivity contribution is -0.153. The highest BCUT2D eigenvalue weighted by molar-refractivity contribution is 5.93. The van der Waals surface area contributed by atoms with Crippen molar-refractivity contribution in [3.63, 3.8) is 0 Å². The SMILES string of the molecule is CCOc1ccc(CC(=O)Nc2ccccc2OCC(F)(F)F)cc1. The number of para-hydroxylation sites is 2. The molecule has 0 saturated heterocycles. The van der Waals surface area contributed by atoms with Crippen molar-refractivity contribution in [1.82, 2.24) is 0 Å². The van der Waals surface area contributed by atoms with E-state index in [1.165, 1.54) is 18.2 Å². The van der Waals surface area contributed by atoms with E-state index in [0.29, 0.717) is 12.4 Å². The van der Waals surface area contributed by atoms with Crippen LogP contribution < -0.4 is 14.8 Å². The first-order valence-corrected chi connectivity index (χ1v) is 7.67. The van der Waals surface area contributed by atoms with Gasteiger partial charge >= 0.3 is 6.18 Å². The Labute approximate surface area is 143 Å². The van der Waals surface area contributed by atoms with Crippen LogP contribution in [0.2, 0.25) is 0 Å². The van der Waals surface area contributed by atoms with Crippen molar-refractivity contribution in [2.45, 2.75) is 19.5 Å². The molecular formula is C18H18F3NO3. The van der Waals surface area contributed by atoms with E-state index >= 15 is 0 Å². The Morgan fingerprint density at radius 3 is 2.36 bits per heavy atom. The van der Waals surface area contributed by atoms with E-state index in [1.54, 1.807) is 30.3 Å². The fourth-order valence-electron chi connectivity index (χ4n) is 2.11. The number of amides is 1. The van der Waals surface area contributed by atoms with E-state index in [1.807, 2.05) is 6.92 Å². The van der Waals surface area contributed by atoms with Gasteiger partial charge in [-0.15, -0.1) is 0 Å². The minimum Gasteiger partial charge on any atom is -0.494 e. The fraction of sp³-hybridized carbons (Fsp3) is 0.278. The molecule has 2 aromatic carbocycles. The average Bonchev–Trinajstić information content (AvgIpc) is 2.55. The summed E-state index contributed by atoms with van der Waals surface area (Å²) in [5.74, 6) is 0.324. The van der Waals surface area contributed by atoms with Gasteiger partial charge in [0.2, 0.25) is 5.91 Å². The quantitative estimate of drug-likeness (QED) is 0.811. The second kappa shape index (κ2) is 8.41. The molecule has 0 aliphatic carbocycles. The van der Waals surface area contributed by atoms with Gasteiger partial charge in [0.25, 0.3) is 0 Å². The minimum absolute atomic E-state index is 0.0279. The second-order valence-corrected chi connectivity index (χ2v) is 5.20. The van der Waals surface area contributed by atoms with Crippen LogP contribution in [0, 0.1) is 0 Å². The number of hydrogen-bond donors (Lipinski definition) is 1. The van der Waals surface area contributed by atoms with E-state index in [2.05, 4.69) is 5.32 Å². The fourth-order valence-corrected chi connectivity index (χ4v) is 2.11. The van der Waals surface area contributed by atoms with Crippen molar-refractivity contribution < 1.29 is 27.4 Å². The van der Waals surface area contributed by atoms with Crippen LogP contribution in [0.15, 0.2) is 48.5 Å². The number of benzene rings is 2. The molecule has 0 saturated carbocycles. The van der Waals surface area contributed by atoms with E-state index in [0.717, 1.165) is 5.56 Å². The van der Waals surface area contributed by atoms with Crippen LogP contribution >= 0.6 is 0 Å². The molecule has 134 valence electrons. The van der Waals surface area contributed by atoms with Crippen LogP contribution in [0.5, 0.6) is 11.5 Å². The number of hydrogen-bond acceptors (Lipinski definition) is 3. The number of anilines is 1. The molecule has 0 fully saturated rings. The van der Waals surface area contributed by atoms with Gasteiger partial charge in [0.15, 0.2) is 6.61 Å². The molecule has 2 rings (SSSR count). The highest BCUT2D eigenvalue weighted by Crippen LogP contribution is 2.26. The topological polar surface area (TPSA) is 47.6 Å². The number of alkyl halides is 3. The van der Waals surface area contributed by atoms with E-state index in [4.69, 9.17) is 9.47 Å². The Bertz CT molecular complexity index is 699. The predicted octanol–water partition coefficient (Wildman–Crippen LogP) is 4.21. The lowest BCUT2D eigenvalue weighted by Crippen LogP contribution is -2.20. The first-order chi connectivity index (χ1) is 11.9. The van der Waals surface area contributed by atoms with Gasteiger partial charge in [-0.2, -0.15) is 13.2 Å². The summed E-state index contributed by atoms with van der Waals surface area (Å²) in [6, 6.07) is 13.0. The summed E-state index contributed by atoms with van der Waals surface area (Å²) < 4.78 is 46.9. The molecule has 4 nitrogen and oxygen atoms in total. The van der Waals surface area contributed by atoms with Crippen molar-refractivity contribution in [2.75, 3.05) is 18.5 Å². The highest BCUT2D eigenvalue weighted by Gasteiger charge is 2.28. The highest BCUT2D eigenvalue weighted by atomic mass is 19.4. The summed E-state index contributed by atoms with van der Waals surface area (Å²) in [6.07, 6.45) is -4.36. The van der Waals surface area contributed by atoms with Crippen molar-refractivity contribution in [3.8, 4) is 11.5 Å². The normalized spacial score (nSPS) is 11.0. The second-order valence-electron chi connectivity index (χ2n) is 5.20. The third-order valence-electron chi connectivity index (χ3n) is 3.15. The maximum Gasteiger partial charge on any atom is 0.422 e. The molecule has 0 unspecified atom stereocenters. The van der Waals surface area contributed by atoms with E-state index < -0.39 is 12.8 Å². The Hall–Kier alpha value is -2.70. The lowest BCUT2D eigenvalue weighted by atomic mass is 10.1.